The molecule has 0 fully saturated rings. The second-order valence-electron chi connectivity index (χ2n) is 4.66. The molecule has 0 spiro atoms. The summed E-state index contributed by atoms with van der Waals surface area (Å²) in [6, 6.07) is 2.18. The van der Waals surface area contributed by atoms with Crippen molar-refractivity contribution in [2.24, 2.45) is 0 Å². The molecule has 0 amide bonds. The van der Waals surface area contributed by atoms with Gasteiger partial charge < -0.3 is 9.47 Å². The van der Waals surface area contributed by atoms with E-state index in [9.17, 15) is 0 Å². The van der Waals surface area contributed by atoms with Crippen LogP contribution in [0.1, 0.15) is 29.5 Å². The molecule has 0 aromatic heterocycles. The van der Waals surface area contributed by atoms with E-state index in [2.05, 4.69) is 6.07 Å². The Morgan fingerprint density at radius 3 is 2.82 bits per heavy atom. The van der Waals surface area contributed by atoms with Crippen LogP contribution in [0, 0.1) is 0 Å². The molecule has 2 nitrogen and oxygen atoms in total. The molecule has 0 N–H and O–H groups in total. The van der Waals surface area contributed by atoms with Gasteiger partial charge in [0.25, 0.3) is 0 Å². The van der Waals surface area contributed by atoms with Crippen LogP contribution in [0.25, 0.3) is 0 Å². The molecule has 3 rings (SSSR count). The van der Waals surface area contributed by atoms with Crippen LogP contribution in [0.15, 0.2) is 6.07 Å². The van der Waals surface area contributed by atoms with Gasteiger partial charge in [0, 0.05) is 17.0 Å². The molecule has 0 saturated heterocycles. The Kier molecular flexibility index (Phi) is 3.15. The second-order valence-corrected chi connectivity index (χ2v) is 5.04. The molecular weight excluding hydrogens is 236 g/mol. The van der Waals surface area contributed by atoms with E-state index < -0.39 is 0 Å². The number of hydrogen-bond acceptors (Lipinski definition) is 2. The maximum Gasteiger partial charge on any atom is 0.126 e. The Bertz CT molecular complexity index is 394. The average molecular weight is 253 g/mol. The molecule has 17 heavy (non-hydrogen) atoms. The van der Waals surface area contributed by atoms with Gasteiger partial charge in [-0.05, 0) is 43.7 Å². The lowest BCUT2D eigenvalue weighted by Crippen LogP contribution is -2.17. The van der Waals surface area contributed by atoms with Crippen molar-refractivity contribution in [3.05, 3.63) is 22.8 Å². The fourth-order valence-electron chi connectivity index (χ4n) is 2.79. The summed E-state index contributed by atoms with van der Waals surface area (Å²) >= 11 is 5.92. The molecule has 0 atom stereocenters. The van der Waals surface area contributed by atoms with Crippen LogP contribution in [0.5, 0.6) is 11.5 Å². The van der Waals surface area contributed by atoms with E-state index >= 15 is 0 Å². The second kappa shape index (κ2) is 4.77. The van der Waals surface area contributed by atoms with E-state index in [1.165, 1.54) is 16.7 Å². The number of aryl methyl sites for hydroxylation is 1. The highest BCUT2D eigenvalue weighted by Crippen LogP contribution is 2.39. The number of benzene rings is 1. The van der Waals surface area contributed by atoms with E-state index in [0.29, 0.717) is 5.88 Å². The molecule has 2 heterocycles. The number of ether oxygens (including phenoxy) is 2. The summed E-state index contributed by atoms with van der Waals surface area (Å²) in [6.45, 7) is 1.68. The minimum absolute atomic E-state index is 0.645. The number of hydrogen-bond donors (Lipinski definition) is 0. The summed E-state index contributed by atoms with van der Waals surface area (Å²) in [4.78, 5) is 0. The van der Waals surface area contributed by atoms with Crippen molar-refractivity contribution in [1.29, 1.82) is 0 Å². The minimum atomic E-state index is 0.645. The highest BCUT2D eigenvalue weighted by Gasteiger charge is 2.23. The normalized spacial score (nSPS) is 17.7. The van der Waals surface area contributed by atoms with Gasteiger partial charge in [0.05, 0.1) is 13.2 Å². The Labute approximate surface area is 107 Å². The van der Waals surface area contributed by atoms with Gasteiger partial charge in [-0.1, -0.05) is 0 Å². The van der Waals surface area contributed by atoms with Crippen molar-refractivity contribution in [3.8, 4) is 11.5 Å². The van der Waals surface area contributed by atoms with Gasteiger partial charge in [-0.3, -0.25) is 0 Å². The number of rotatable bonds is 2. The Balaban J connectivity index is 2.12. The van der Waals surface area contributed by atoms with Gasteiger partial charge in [0.1, 0.15) is 11.5 Å². The fourth-order valence-corrected chi connectivity index (χ4v) is 2.97. The smallest absolute Gasteiger partial charge is 0.126 e. The number of alkyl halides is 1. The topological polar surface area (TPSA) is 18.5 Å². The molecule has 0 radical (unpaired) electrons. The molecule has 3 heteroatoms. The van der Waals surface area contributed by atoms with Crippen LogP contribution >= 0.6 is 11.6 Å². The Hall–Kier alpha value is -0.890. The van der Waals surface area contributed by atoms with Crippen molar-refractivity contribution in [2.45, 2.75) is 32.1 Å². The first-order valence-corrected chi connectivity index (χ1v) is 6.93. The van der Waals surface area contributed by atoms with Crippen molar-refractivity contribution in [3.63, 3.8) is 0 Å². The van der Waals surface area contributed by atoms with Gasteiger partial charge in [0.2, 0.25) is 0 Å². The quantitative estimate of drug-likeness (QED) is 0.753. The average Bonchev–Trinajstić information content (AvgIpc) is 2.39. The lowest BCUT2D eigenvalue weighted by Gasteiger charge is -2.27. The van der Waals surface area contributed by atoms with Gasteiger partial charge in [-0.25, -0.2) is 0 Å². The van der Waals surface area contributed by atoms with E-state index in [4.69, 9.17) is 21.1 Å². The van der Waals surface area contributed by atoms with E-state index in [1.807, 2.05) is 0 Å². The molecular formula is C14H17ClO2. The zero-order valence-corrected chi connectivity index (χ0v) is 10.7. The molecule has 0 saturated carbocycles. The van der Waals surface area contributed by atoms with E-state index in [1.54, 1.807) is 0 Å². The van der Waals surface area contributed by atoms with Crippen molar-refractivity contribution < 1.29 is 9.47 Å². The van der Waals surface area contributed by atoms with Crippen LogP contribution in [0.4, 0.5) is 0 Å². The zero-order valence-electron chi connectivity index (χ0n) is 9.93. The van der Waals surface area contributed by atoms with Gasteiger partial charge in [-0.15, -0.1) is 11.6 Å². The van der Waals surface area contributed by atoms with Crippen molar-refractivity contribution in [2.75, 3.05) is 19.1 Å². The SMILES string of the molecule is ClCCc1c2c(cc3c1OCCC3)OCCC2. The lowest BCUT2D eigenvalue weighted by molar-refractivity contribution is 0.269. The molecule has 0 aliphatic carbocycles. The maximum atomic E-state index is 5.92. The fraction of sp³-hybridized carbons (Fsp3) is 0.571. The van der Waals surface area contributed by atoms with Gasteiger partial charge >= 0.3 is 0 Å². The first-order valence-electron chi connectivity index (χ1n) is 6.39. The third kappa shape index (κ3) is 1.99. The molecule has 1 aromatic carbocycles. The highest BCUT2D eigenvalue weighted by atomic mass is 35.5. The van der Waals surface area contributed by atoms with Crippen LogP contribution in [0.3, 0.4) is 0 Å². The number of halogens is 1. The van der Waals surface area contributed by atoms with Crippen LogP contribution in [-0.4, -0.2) is 19.1 Å². The monoisotopic (exact) mass is 252 g/mol. The molecule has 2 aliphatic heterocycles. The third-order valence-corrected chi connectivity index (χ3v) is 3.73. The van der Waals surface area contributed by atoms with Crippen LogP contribution < -0.4 is 9.47 Å². The minimum Gasteiger partial charge on any atom is -0.493 e. The zero-order chi connectivity index (χ0) is 11.7. The van der Waals surface area contributed by atoms with Crippen molar-refractivity contribution >= 4 is 11.6 Å². The standard InChI is InChI=1S/C14H17ClO2/c15-6-5-12-11-4-2-7-16-13(11)9-10-3-1-8-17-14(10)12/h9H,1-8H2. The Morgan fingerprint density at radius 2 is 1.94 bits per heavy atom. The molecule has 0 bridgehead atoms. The summed E-state index contributed by atoms with van der Waals surface area (Å²) in [7, 11) is 0. The first kappa shape index (κ1) is 11.2. The lowest BCUT2D eigenvalue weighted by atomic mass is 9.92. The van der Waals surface area contributed by atoms with Crippen LogP contribution in [-0.2, 0) is 19.3 Å². The molecule has 92 valence electrons. The summed E-state index contributed by atoms with van der Waals surface area (Å²) in [6.07, 6.45) is 5.28. The largest absolute Gasteiger partial charge is 0.493 e. The Morgan fingerprint density at radius 1 is 1.12 bits per heavy atom. The molecule has 1 aromatic rings. The summed E-state index contributed by atoms with van der Waals surface area (Å²) in [5, 5.41) is 0. The third-order valence-electron chi connectivity index (χ3n) is 3.54. The van der Waals surface area contributed by atoms with Crippen LogP contribution in [0.2, 0.25) is 0 Å². The number of fused-ring (bicyclic) bond motifs is 2. The van der Waals surface area contributed by atoms with E-state index in [0.717, 1.165) is 56.8 Å². The van der Waals surface area contributed by atoms with Crippen molar-refractivity contribution in [1.82, 2.24) is 0 Å². The summed E-state index contributed by atoms with van der Waals surface area (Å²) in [5.41, 5.74) is 3.93. The van der Waals surface area contributed by atoms with E-state index in [-0.39, 0.29) is 0 Å². The highest BCUT2D eigenvalue weighted by molar-refractivity contribution is 6.18. The maximum absolute atomic E-state index is 5.92. The summed E-state index contributed by atoms with van der Waals surface area (Å²) < 4.78 is 11.6. The van der Waals surface area contributed by atoms with Gasteiger partial charge in [-0.2, -0.15) is 0 Å². The molecule has 2 aliphatic rings. The molecule has 0 unspecified atom stereocenters. The summed E-state index contributed by atoms with van der Waals surface area (Å²) in [5.74, 6) is 2.81. The predicted molar refractivity (Wildman–Crippen MR) is 68.5 cm³/mol. The predicted octanol–water partition coefficient (Wildman–Crippen LogP) is 3.12. The van der Waals surface area contributed by atoms with Gasteiger partial charge in [0.15, 0.2) is 0 Å². The first-order chi connectivity index (χ1) is 8.40.